The van der Waals surface area contributed by atoms with Gasteiger partial charge in [0.15, 0.2) is 0 Å². The van der Waals surface area contributed by atoms with E-state index in [9.17, 15) is 4.79 Å². The molecule has 0 saturated carbocycles. The number of aryl methyl sites for hydroxylation is 1. The Labute approximate surface area is 140 Å². The number of carbonyl (C=O) groups excluding carboxylic acids is 1. The molecule has 1 unspecified atom stereocenters. The van der Waals surface area contributed by atoms with Crippen LogP contribution in [0.25, 0.3) is 10.9 Å². The molecular formula is C18H21N3O3. The second-order valence-electron chi connectivity index (χ2n) is 5.63. The lowest BCUT2D eigenvalue weighted by molar-refractivity contribution is -0.121. The van der Waals surface area contributed by atoms with Gasteiger partial charge in [0.2, 0.25) is 5.91 Å². The van der Waals surface area contributed by atoms with Gasteiger partial charge in [-0.3, -0.25) is 9.89 Å². The minimum Gasteiger partial charge on any atom is -0.464 e. The van der Waals surface area contributed by atoms with E-state index >= 15 is 0 Å². The van der Waals surface area contributed by atoms with Crippen molar-refractivity contribution in [2.45, 2.75) is 25.8 Å². The highest BCUT2D eigenvalue weighted by atomic mass is 16.5. The fourth-order valence-corrected chi connectivity index (χ4v) is 2.69. The number of hydrogen-bond donors (Lipinski definition) is 2. The van der Waals surface area contributed by atoms with Crippen molar-refractivity contribution in [2.24, 2.45) is 0 Å². The van der Waals surface area contributed by atoms with Crippen molar-refractivity contribution in [3.8, 4) is 0 Å². The summed E-state index contributed by atoms with van der Waals surface area (Å²) in [5.74, 6) is 1.48. The zero-order valence-corrected chi connectivity index (χ0v) is 13.8. The van der Waals surface area contributed by atoms with Gasteiger partial charge in [0.25, 0.3) is 0 Å². The number of para-hydroxylation sites is 1. The summed E-state index contributed by atoms with van der Waals surface area (Å²) < 4.78 is 11.0. The Balaban J connectivity index is 1.71. The van der Waals surface area contributed by atoms with Crippen molar-refractivity contribution in [3.63, 3.8) is 0 Å². The highest BCUT2D eigenvalue weighted by Crippen LogP contribution is 2.19. The fourth-order valence-electron chi connectivity index (χ4n) is 2.69. The molecule has 0 radical (unpaired) electrons. The van der Waals surface area contributed by atoms with Crippen LogP contribution in [0.15, 0.2) is 40.8 Å². The van der Waals surface area contributed by atoms with Crippen LogP contribution >= 0.6 is 0 Å². The van der Waals surface area contributed by atoms with E-state index in [1.807, 2.05) is 43.3 Å². The lowest BCUT2D eigenvalue weighted by Crippen LogP contribution is -2.32. The maximum absolute atomic E-state index is 12.4. The molecule has 1 amide bonds. The smallest absolute Gasteiger partial charge is 0.226 e. The van der Waals surface area contributed by atoms with Crippen LogP contribution in [-0.4, -0.2) is 29.8 Å². The summed E-state index contributed by atoms with van der Waals surface area (Å²) in [6.07, 6.45) is 1.04. The first-order chi connectivity index (χ1) is 11.7. The van der Waals surface area contributed by atoms with Crippen molar-refractivity contribution in [3.05, 3.63) is 53.6 Å². The minimum absolute atomic E-state index is 0.110. The summed E-state index contributed by atoms with van der Waals surface area (Å²) in [6, 6.07) is 11.2. The summed E-state index contributed by atoms with van der Waals surface area (Å²) >= 11 is 0. The number of carbonyl (C=O) groups is 1. The number of aromatic amines is 1. The second-order valence-corrected chi connectivity index (χ2v) is 5.63. The molecule has 0 aliphatic rings. The third kappa shape index (κ3) is 3.49. The van der Waals surface area contributed by atoms with E-state index in [0.29, 0.717) is 12.4 Å². The van der Waals surface area contributed by atoms with E-state index in [1.165, 1.54) is 0 Å². The number of rotatable bonds is 7. The highest BCUT2D eigenvalue weighted by Gasteiger charge is 2.19. The molecular weight excluding hydrogens is 306 g/mol. The first kappa shape index (κ1) is 16.3. The van der Waals surface area contributed by atoms with Crippen molar-refractivity contribution in [2.75, 3.05) is 13.7 Å². The van der Waals surface area contributed by atoms with Crippen molar-refractivity contribution >= 4 is 16.8 Å². The van der Waals surface area contributed by atoms with Gasteiger partial charge in [-0.15, -0.1) is 0 Å². The zero-order chi connectivity index (χ0) is 16.9. The first-order valence-electron chi connectivity index (χ1n) is 8.00. The zero-order valence-electron chi connectivity index (χ0n) is 13.8. The lowest BCUT2D eigenvalue weighted by Gasteiger charge is -2.15. The second kappa shape index (κ2) is 7.31. The number of methoxy groups -OCH3 is 1. The molecule has 3 aromatic rings. The molecule has 1 atom stereocenters. The van der Waals surface area contributed by atoms with Crippen LogP contribution in [0.2, 0.25) is 0 Å². The van der Waals surface area contributed by atoms with Gasteiger partial charge < -0.3 is 14.5 Å². The number of H-pyrrole nitrogens is 1. The summed E-state index contributed by atoms with van der Waals surface area (Å²) in [6.45, 7) is 2.38. The maximum atomic E-state index is 12.4. The van der Waals surface area contributed by atoms with Crippen LogP contribution in [-0.2, 0) is 22.4 Å². The molecule has 2 N–H and O–H groups in total. The van der Waals surface area contributed by atoms with E-state index in [0.717, 1.165) is 28.8 Å². The first-order valence-corrected chi connectivity index (χ1v) is 8.00. The largest absolute Gasteiger partial charge is 0.464 e. The van der Waals surface area contributed by atoms with Gasteiger partial charge in [-0.25, -0.2) is 0 Å². The van der Waals surface area contributed by atoms with Crippen molar-refractivity contribution in [1.82, 2.24) is 15.5 Å². The Hall–Kier alpha value is -2.60. The Kier molecular flexibility index (Phi) is 4.96. The van der Waals surface area contributed by atoms with Crippen molar-refractivity contribution in [1.29, 1.82) is 0 Å². The van der Waals surface area contributed by atoms with Crippen LogP contribution in [0.3, 0.4) is 0 Å². The summed E-state index contributed by atoms with van der Waals surface area (Å²) in [7, 11) is 1.60. The average molecular weight is 327 g/mol. The molecule has 0 aliphatic heterocycles. The molecule has 3 rings (SSSR count). The van der Waals surface area contributed by atoms with E-state index in [-0.39, 0.29) is 18.4 Å². The fraction of sp³-hybridized carbons (Fsp3) is 0.333. The van der Waals surface area contributed by atoms with Gasteiger partial charge in [0, 0.05) is 18.9 Å². The quantitative estimate of drug-likeness (QED) is 0.699. The molecule has 6 heteroatoms. The molecule has 0 fully saturated rings. The Bertz CT molecular complexity index is 822. The van der Waals surface area contributed by atoms with E-state index in [4.69, 9.17) is 9.15 Å². The van der Waals surface area contributed by atoms with Gasteiger partial charge >= 0.3 is 0 Å². The summed E-state index contributed by atoms with van der Waals surface area (Å²) in [4.78, 5) is 12.4. The molecule has 2 aromatic heterocycles. The number of ether oxygens (including phenoxy) is 1. The Morgan fingerprint density at radius 2 is 2.17 bits per heavy atom. The van der Waals surface area contributed by atoms with Gasteiger partial charge in [-0.1, -0.05) is 25.1 Å². The number of aromatic nitrogens is 2. The van der Waals surface area contributed by atoms with Gasteiger partial charge in [-0.2, -0.15) is 5.10 Å². The summed E-state index contributed by atoms with van der Waals surface area (Å²) in [5.41, 5.74) is 1.65. The Morgan fingerprint density at radius 3 is 2.92 bits per heavy atom. The predicted octanol–water partition coefficient (Wildman–Crippen LogP) is 2.76. The average Bonchev–Trinajstić information content (AvgIpc) is 3.22. The number of furan rings is 1. The third-order valence-corrected chi connectivity index (χ3v) is 3.92. The van der Waals surface area contributed by atoms with Crippen LogP contribution in [0.4, 0.5) is 0 Å². The topological polar surface area (TPSA) is 80.1 Å². The van der Waals surface area contributed by atoms with E-state index in [1.54, 1.807) is 7.11 Å². The Morgan fingerprint density at radius 1 is 1.33 bits per heavy atom. The van der Waals surface area contributed by atoms with E-state index < -0.39 is 0 Å². The lowest BCUT2D eigenvalue weighted by atomic mass is 10.1. The van der Waals surface area contributed by atoms with Crippen LogP contribution in [0, 0.1) is 0 Å². The normalized spacial score (nSPS) is 12.4. The van der Waals surface area contributed by atoms with Gasteiger partial charge in [0.05, 0.1) is 24.2 Å². The standard InChI is InChI=1S/C18H21N3O3/c1-3-12-8-9-17(24-12)16(11-23-2)19-18(22)10-15-13-6-4-5-7-14(13)20-21-15/h4-9,16H,3,10-11H2,1-2H3,(H,19,22)(H,20,21). The molecule has 2 heterocycles. The SMILES string of the molecule is CCc1ccc(C(COC)NC(=O)Cc2[nH]nc3ccccc23)o1. The number of benzene rings is 1. The number of fused-ring (bicyclic) bond motifs is 1. The van der Waals surface area contributed by atoms with Crippen LogP contribution in [0.1, 0.15) is 30.2 Å². The molecule has 126 valence electrons. The molecule has 24 heavy (non-hydrogen) atoms. The highest BCUT2D eigenvalue weighted by molar-refractivity contribution is 5.87. The number of amides is 1. The molecule has 1 aromatic carbocycles. The van der Waals surface area contributed by atoms with Crippen LogP contribution in [0.5, 0.6) is 0 Å². The summed E-state index contributed by atoms with van der Waals surface area (Å²) in [5, 5.41) is 11.1. The number of nitrogens with zero attached hydrogens (tertiary/aromatic N) is 1. The molecule has 0 saturated heterocycles. The molecule has 0 bridgehead atoms. The predicted molar refractivity (Wildman–Crippen MR) is 90.6 cm³/mol. The minimum atomic E-state index is -0.308. The number of nitrogens with one attached hydrogen (secondary N) is 2. The third-order valence-electron chi connectivity index (χ3n) is 3.92. The van der Waals surface area contributed by atoms with Gasteiger partial charge in [0.1, 0.15) is 17.6 Å². The van der Waals surface area contributed by atoms with Crippen LogP contribution < -0.4 is 5.32 Å². The monoisotopic (exact) mass is 327 g/mol. The van der Waals surface area contributed by atoms with Crippen molar-refractivity contribution < 1.29 is 13.9 Å². The van der Waals surface area contributed by atoms with Gasteiger partial charge in [-0.05, 0) is 18.2 Å². The molecule has 6 nitrogen and oxygen atoms in total. The van der Waals surface area contributed by atoms with E-state index in [2.05, 4.69) is 15.5 Å². The maximum Gasteiger partial charge on any atom is 0.226 e. The molecule has 0 aliphatic carbocycles. The number of hydrogen-bond acceptors (Lipinski definition) is 4. The molecule has 0 spiro atoms.